The summed E-state index contributed by atoms with van der Waals surface area (Å²) in [5, 5.41) is 7.68. The largest absolute Gasteiger partial charge is 0.371 e. The van der Waals surface area contributed by atoms with E-state index in [1.54, 1.807) is 19.2 Å². The maximum absolute atomic E-state index is 13.5. The molecule has 1 aliphatic heterocycles. The molecule has 3 N–H and O–H groups in total. The van der Waals surface area contributed by atoms with E-state index in [4.69, 9.17) is 0 Å². The molecule has 0 radical (unpaired) electrons. The third-order valence-corrected chi connectivity index (χ3v) is 5.75. The van der Waals surface area contributed by atoms with E-state index in [0.717, 1.165) is 54.9 Å². The Morgan fingerprint density at radius 1 is 1.13 bits per heavy atom. The lowest BCUT2D eigenvalue weighted by Crippen LogP contribution is -2.41. The van der Waals surface area contributed by atoms with E-state index in [9.17, 15) is 13.2 Å². The molecule has 0 amide bonds. The molecule has 8 heteroatoms. The van der Waals surface area contributed by atoms with Gasteiger partial charge in [0.2, 0.25) is 0 Å². The Morgan fingerprint density at radius 3 is 2.81 bits per heavy atom. The molecule has 0 bridgehead atoms. The van der Waals surface area contributed by atoms with Crippen molar-refractivity contribution in [2.24, 2.45) is 10.9 Å². The van der Waals surface area contributed by atoms with Crippen LogP contribution in [-0.4, -0.2) is 44.2 Å². The number of hydrogen-bond donors (Lipinski definition) is 3. The van der Waals surface area contributed by atoms with E-state index < -0.39 is 11.6 Å². The second kappa shape index (κ2) is 9.32. The van der Waals surface area contributed by atoms with Crippen molar-refractivity contribution in [2.75, 3.05) is 38.1 Å². The smallest absolute Gasteiger partial charge is 0.190 e. The Kier molecular flexibility index (Phi) is 6.34. The van der Waals surface area contributed by atoms with Crippen molar-refractivity contribution in [2.45, 2.75) is 12.8 Å². The summed E-state index contributed by atoms with van der Waals surface area (Å²) in [6.45, 7) is 3.02. The molecule has 1 unspecified atom stereocenters. The molecule has 3 aromatic rings. The average molecular weight is 429 g/mol. The van der Waals surface area contributed by atoms with E-state index in [2.05, 4.69) is 25.5 Å². The molecule has 0 spiro atoms. The predicted molar refractivity (Wildman–Crippen MR) is 118 cm³/mol. The number of aromatic nitrogens is 1. The minimum absolute atomic E-state index is 0.251. The molecule has 2 heterocycles. The topological polar surface area (TPSA) is 55.5 Å². The minimum Gasteiger partial charge on any atom is -0.371 e. The summed E-state index contributed by atoms with van der Waals surface area (Å²) in [6.07, 6.45) is 3.65. The van der Waals surface area contributed by atoms with Crippen molar-refractivity contribution < 1.29 is 13.2 Å². The Morgan fingerprint density at radius 2 is 2.00 bits per heavy atom. The van der Waals surface area contributed by atoms with Gasteiger partial charge in [-0.1, -0.05) is 0 Å². The lowest BCUT2D eigenvalue weighted by Gasteiger charge is -2.19. The lowest BCUT2D eigenvalue weighted by molar-refractivity contribution is 0.508. The van der Waals surface area contributed by atoms with Gasteiger partial charge in [-0.05, 0) is 54.7 Å². The van der Waals surface area contributed by atoms with Crippen molar-refractivity contribution in [3.8, 4) is 0 Å². The third-order valence-electron chi connectivity index (χ3n) is 5.75. The SMILES string of the molecule is CN=C(NCCc1c[nH]c2cc(F)ccc12)NCC1CCN(c2ccc(F)c(F)c2)C1. The summed E-state index contributed by atoms with van der Waals surface area (Å²) in [5.41, 5.74) is 2.63. The van der Waals surface area contributed by atoms with Crippen LogP contribution in [0, 0.1) is 23.4 Å². The molecule has 1 fully saturated rings. The van der Waals surface area contributed by atoms with Gasteiger partial charge >= 0.3 is 0 Å². The van der Waals surface area contributed by atoms with E-state index in [-0.39, 0.29) is 5.82 Å². The number of rotatable bonds is 6. The maximum Gasteiger partial charge on any atom is 0.190 e. The summed E-state index contributed by atoms with van der Waals surface area (Å²) >= 11 is 0. The number of nitrogens with one attached hydrogen (secondary N) is 3. The van der Waals surface area contributed by atoms with Gasteiger partial charge in [0, 0.05) is 62.1 Å². The van der Waals surface area contributed by atoms with Gasteiger partial charge in [0.1, 0.15) is 5.82 Å². The Bertz CT molecular complexity index is 1080. The van der Waals surface area contributed by atoms with Crippen LogP contribution in [0.2, 0.25) is 0 Å². The molecule has 5 nitrogen and oxygen atoms in total. The highest BCUT2D eigenvalue weighted by atomic mass is 19.2. The van der Waals surface area contributed by atoms with E-state index >= 15 is 0 Å². The van der Waals surface area contributed by atoms with Crippen molar-refractivity contribution in [3.63, 3.8) is 0 Å². The first-order valence-corrected chi connectivity index (χ1v) is 10.4. The molecule has 164 valence electrons. The number of benzene rings is 2. The molecular weight excluding hydrogens is 403 g/mol. The molecule has 1 atom stereocenters. The monoisotopic (exact) mass is 429 g/mol. The normalized spacial score (nSPS) is 16.8. The standard InChI is InChI=1S/C23H26F3N5/c1-27-23(28-8-6-16-13-29-22-10-17(24)2-4-19(16)22)30-12-15-7-9-31(14-15)18-3-5-20(25)21(26)11-18/h2-5,10-11,13,15,29H,6-9,12,14H2,1H3,(H2,27,28,30). The molecule has 1 aromatic heterocycles. The number of hydrogen-bond acceptors (Lipinski definition) is 2. The summed E-state index contributed by atoms with van der Waals surface area (Å²) in [5.74, 6) is -0.786. The Balaban J connectivity index is 1.24. The first-order chi connectivity index (χ1) is 15.0. The summed E-state index contributed by atoms with van der Waals surface area (Å²) < 4.78 is 40.0. The van der Waals surface area contributed by atoms with Crippen molar-refractivity contribution in [3.05, 3.63) is 65.6 Å². The minimum atomic E-state index is -0.823. The fourth-order valence-electron chi connectivity index (χ4n) is 4.06. The second-order valence-electron chi connectivity index (χ2n) is 7.83. The zero-order chi connectivity index (χ0) is 21.8. The van der Waals surface area contributed by atoms with Gasteiger partial charge in [0.15, 0.2) is 17.6 Å². The van der Waals surface area contributed by atoms with Gasteiger partial charge in [-0.2, -0.15) is 0 Å². The predicted octanol–water partition coefficient (Wildman–Crippen LogP) is 3.82. The van der Waals surface area contributed by atoms with Crippen LogP contribution in [0.15, 0.2) is 47.6 Å². The highest BCUT2D eigenvalue weighted by molar-refractivity contribution is 5.83. The maximum atomic E-state index is 13.5. The molecule has 2 aromatic carbocycles. The van der Waals surface area contributed by atoms with E-state index in [1.165, 1.54) is 24.3 Å². The molecule has 31 heavy (non-hydrogen) atoms. The van der Waals surface area contributed by atoms with Crippen LogP contribution >= 0.6 is 0 Å². The number of halogens is 3. The van der Waals surface area contributed by atoms with Gasteiger partial charge in [0.05, 0.1) is 0 Å². The lowest BCUT2D eigenvalue weighted by atomic mass is 10.1. The fraction of sp³-hybridized carbons (Fsp3) is 0.348. The van der Waals surface area contributed by atoms with Gasteiger partial charge < -0.3 is 20.5 Å². The zero-order valence-corrected chi connectivity index (χ0v) is 17.4. The average Bonchev–Trinajstić information content (AvgIpc) is 3.39. The van der Waals surface area contributed by atoms with Crippen LogP contribution in [0.4, 0.5) is 18.9 Å². The number of fused-ring (bicyclic) bond motifs is 1. The number of anilines is 1. The molecule has 4 rings (SSSR count). The molecule has 0 saturated carbocycles. The van der Waals surface area contributed by atoms with Gasteiger partial charge in [-0.15, -0.1) is 0 Å². The van der Waals surface area contributed by atoms with Crippen LogP contribution in [-0.2, 0) is 6.42 Å². The van der Waals surface area contributed by atoms with Crippen molar-refractivity contribution >= 4 is 22.5 Å². The van der Waals surface area contributed by atoms with E-state index in [0.29, 0.717) is 18.2 Å². The number of H-pyrrole nitrogens is 1. The van der Waals surface area contributed by atoms with Crippen molar-refractivity contribution in [1.29, 1.82) is 0 Å². The summed E-state index contributed by atoms with van der Waals surface area (Å²) in [4.78, 5) is 9.45. The van der Waals surface area contributed by atoms with Crippen LogP contribution in [0.25, 0.3) is 10.9 Å². The molecule has 1 aliphatic rings. The van der Waals surface area contributed by atoms with Gasteiger partial charge in [-0.3, -0.25) is 4.99 Å². The number of guanidine groups is 1. The number of aliphatic imine (C=N–C) groups is 1. The van der Waals surface area contributed by atoms with E-state index in [1.807, 2.05) is 6.20 Å². The molecule has 0 aliphatic carbocycles. The van der Waals surface area contributed by atoms with Crippen LogP contribution in [0.1, 0.15) is 12.0 Å². The summed E-state index contributed by atoms with van der Waals surface area (Å²) in [6, 6.07) is 8.81. The summed E-state index contributed by atoms with van der Waals surface area (Å²) in [7, 11) is 1.73. The highest BCUT2D eigenvalue weighted by Gasteiger charge is 2.23. The third kappa shape index (κ3) is 4.95. The Hall–Kier alpha value is -3.16. The van der Waals surface area contributed by atoms with Crippen LogP contribution in [0.5, 0.6) is 0 Å². The van der Waals surface area contributed by atoms with Crippen LogP contribution in [0.3, 0.4) is 0 Å². The number of aromatic amines is 1. The molecule has 1 saturated heterocycles. The van der Waals surface area contributed by atoms with Gasteiger partial charge in [0.25, 0.3) is 0 Å². The second-order valence-corrected chi connectivity index (χ2v) is 7.83. The zero-order valence-electron chi connectivity index (χ0n) is 17.4. The van der Waals surface area contributed by atoms with Crippen molar-refractivity contribution in [1.82, 2.24) is 15.6 Å². The first-order valence-electron chi connectivity index (χ1n) is 10.4. The van der Waals surface area contributed by atoms with Crippen LogP contribution < -0.4 is 15.5 Å². The fourth-order valence-corrected chi connectivity index (χ4v) is 4.06. The number of nitrogens with zero attached hydrogens (tertiary/aromatic N) is 2. The van der Waals surface area contributed by atoms with Gasteiger partial charge in [-0.25, -0.2) is 13.2 Å². The highest BCUT2D eigenvalue weighted by Crippen LogP contribution is 2.25. The molecular formula is C23H26F3N5. The Labute approximate surface area is 179 Å². The first kappa shape index (κ1) is 21.1. The quantitative estimate of drug-likeness (QED) is 0.413.